The van der Waals surface area contributed by atoms with Gasteiger partial charge in [-0.15, -0.1) is 0 Å². The van der Waals surface area contributed by atoms with Crippen molar-refractivity contribution in [3.63, 3.8) is 0 Å². The molecule has 0 saturated carbocycles. The Balaban J connectivity index is 0.000000384. The molecular formula is C15H24N2O4. The predicted molar refractivity (Wildman–Crippen MR) is 82.5 cm³/mol. The summed E-state index contributed by atoms with van der Waals surface area (Å²) < 4.78 is 0. The molecule has 1 aromatic carbocycles. The van der Waals surface area contributed by atoms with Gasteiger partial charge in [-0.1, -0.05) is 39.0 Å². The number of carbonyl (C=O) groups is 2. The first-order valence-electron chi connectivity index (χ1n) is 6.64. The zero-order valence-electron chi connectivity index (χ0n) is 12.7. The van der Waals surface area contributed by atoms with E-state index in [0.29, 0.717) is 0 Å². The molecule has 118 valence electrons. The fourth-order valence-corrected chi connectivity index (χ4v) is 1.28. The number of carboxylic acid groups (broad SMARTS) is 2. The van der Waals surface area contributed by atoms with Gasteiger partial charge in [0.2, 0.25) is 0 Å². The van der Waals surface area contributed by atoms with Gasteiger partial charge in [-0.05, 0) is 17.5 Å². The Bertz CT molecular complexity index is 427. The van der Waals surface area contributed by atoms with E-state index in [1.165, 1.54) is 0 Å². The van der Waals surface area contributed by atoms with Gasteiger partial charge in [-0.3, -0.25) is 9.59 Å². The minimum atomic E-state index is -0.853. The van der Waals surface area contributed by atoms with E-state index >= 15 is 0 Å². The fourth-order valence-electron chi connectivity index (χ4n) is 1.28. The lowest BCUT2D eigenvalue weighted by Crippen LogP contribution is -2.31. The van der Waals surface area contributed by atoms with Crippen LogP contribution in [-0.2, 0) is 9.59 Å². The third-order valence-electron chi connectivity index (χ3n) is 2.15. The highest BCUT2D eigenvalue weighted by molar-refractivity contribution is 5.72. The molecule has 0 spiro atoms. The summed E-state index contributed by atoms with van der Waals surface area (Å²) in [5.74, 6) is -1.65. The second-order valence-electron chi connectivity index (χ2n) is 5.67. The SMILES string of the molecule is CC(C)(C)CNCC(=O)O.O=C(O)CNc1ccccc1. The zero-order valence-corrected chi connectivity index (χ0v) is 12.7. The summed E-state index contributed by atoms with van der Waals surface area (Å²) in [5.41, 5.74) is 0.991. The first-order valence-corrected chi connectivity index (χ1v) is 6.64. The molecular weight excluding hydrogens is 272 g/mol. The summed E-state index contributed by atoms with van der Waals surface area (Å²) in [5, 5.41) is 22.1. The van der Waals surface area contributed by atoms with E-state index in [9.17, 15) is 9.59 Å². The quantitative estimate of drug-likeness (QED) is 0.640. The third kappa shape index (κ3) is 14.1. The normalized spacial score (nSPS) is 10.2. The van der Waals surface area contributed by atoms with Gasteiger partial charge >= 0.3 is 11.9 Å². The topological polar surface area (TPSA) is 98.7 Å². The molecule has 0 atom stereocenters. The Kier molecular flexibility index (Phi) is 8.80. The summed E-state index contributed by atoms with van der Waals surface area (Å²) in [6.45, 7) is 6.92. The van der Waals surface area contributed by atoms with Crippen molar-refractivity contribution in [2.75, 3.05) is 25.0 Å². The lowest BCUT2D eigenvalue weighted by atomic mass is 9.97. The van der Waals surface area contributed by atoms with Crippen molar-refractivity contribution in [3.05, 3.63) is 30.3 Å². The van der Waals surface area contributed by atoms with Crippen LogP contribution in [0.25, 0.3) is 0 Å². The van der Waals surface area contributed by atoms with Gasteiger partial charge < -0.3 is 20.8 Å². The Hall–Kier alpha value is -2.08. The molecule has 0 saturated heterocycles. The average molecular weight is 296 g/mol. The number of para-hydroxylation sites is 1. The van der Waals surface area contributed by atoms with Gasteiger partial charge in [-0.25, -0.2) is 0 Å². The van der Waals surface area contributed by atoms with Crippen molar-refractivity contribution in [3.8, 4) is 0 Å². The minimum Gasteiger partial charge on any atom is -0.480 e. The van der Waals surface area contributed by atoms with E-state index < -0.39 is 11.9 Å². The van der Waals surface area contributed by atoms with Crippen molar-refractivity contribution in [2.45, 2.75) is 20.8 Å². The molecule has 0 radical (unpaired) electrons. The van der Waals surface area contributed by atoms with Crippen LogP contribution in [0.15, 0.2) is 30.3 Å². The largest absolute Gasteiger partial charge is 0.480 e. The lowest BCUT2D eigenvalue weighted by Gasteiger charge is -2.17. The van der Waals surface area contributed by atoms with Crippen LogP contribution in [0.3, 0.4) is 0 Å². The molecule has 0 aliphatic heterocycles. The molecule has 0 fully saturated rings. The van der Waals surface area contributed by atoms with Gasteiger partial charge in [0.15, 0.2) is 0 Å². The van der Waals surface area contributed by atoms with Crippen LogP contribution < -0.4 is 10.6 Å². The second kappa shape index (κ2) is 9.77. The summed E-state index contributed by atoms with van der Waals surface area (Å²) in [7, 11) is 0. The molecule has 0 heterocycles. The molecule has 1 aromatic rings. The summed E-state index contributed by atoms with van der Waals surface area (Å²) in [4.78, 5) is 20.1. The third-order valence-corrected chi connectivity index (χ3v) is 2.15. The number of hydrogen-bond acceptors (Lipinski definition) is 4. The van der Waals surface area contributed by atoms with E-state index in [1.54, 1.807) is 0 Å². The second-order valence-corrected chi connectivity index (χ2v) is 5.67. The molecule has 6 heteroatoms. The molecule has 6 nitrogen and oxygen atoms in total. The maximum absolute atomic E-state index is 10.1. The number of benzene rings is 1. The van der Waals surface area contributed by atoms with E-state index in [-0.39, 0.29) is 18.5 Å². The van der Waals surface area contributed by atoms with Crippen LogP contribution in [0.1, 0.15) is 20.8 Å². The number of rotatable bonds is 6. The number of hydrogen-bond donors (Lipinski definition) is 4. The maximum Gasteiger partial charge on any atom is 0.322 e. The Morgan fingerprint density at radius 2 is 1.52 bits per heavy atom. The van der Waals surface area contributed by atoms with E-state index in [2.05, 4.69) is 31.4 Å². The summed E-state index contributed by atoms with van der Waals surface area (Å²) in [6, 6.07) is 9.23. The van der Waals surface area contributed by atoms with Gasteiger partial charge in [0.25, 0.3) is 0 Å². The number of nitrogens with one attached hydrogen (secondary N) is 2. The molecule has 0 unspecified atom stereocenters. The molecule has 0 aromatic heterocycles. The van der Waals surface area contributed by atoms with Crippen molar-refractivity contribution in [2.24, 2.45) is 5.41 Å². The maximum atomic E-state index is 10.1. The summed E-state index contributed by atoms with van der Waals surface area (Å²) in [6.07, 6.45) is 0. The van der Waals surface area contributed by atoms with Gasteiger partial charge in [0.05, 0.1) is 6.54 Å². The lowest BCUT2D eigenvalue weighted by molar-refractivity contribution is -0.136. The Morgan fingerprint density at radius 3 is 1.95 bits per heavy atom. The Morgan fingerprint density at radius 1 is 1.00 bits per heavy atom. The van der Waals surface area contributed by atoms with Crippen LogP contribution >= 0.6 is 0 Å². The summed E-state index contributed by atoms with van der Waals surface area (Å²) >= 11 is 0. The number of aliphatic carboxylic acids is 2. The van der Waals surface area contributed by atoms with Crippen molar-refractivity contribution in [1.82, 2.24) is 5.32 Å². The molecule has 0 bridgehead atoms. The van der Waals surface area contributed by atoms with Crippen LogP contribution in [0.5, 0.6) is 0 Å². The highest BCUT2D eigenvalue weighted by Crippen LogP contribution is 2.09. The number of anilines is 1. The molecule has 21 heavy (non-hydrogen) atoms. The van der Waals surface area contributed by atoms with Crippen molar-refractivity contribution >= 4 is 17.6 Å². The highest BCUT2D eigenvalue weighted by atomic mass is 16.4. The van der Waals surface area contributed by atoms with Gasteiger partial charge in [0, 0.05) is 12.2 Å². The molecule has 0 aliphatic rings. The van der Waals surface area contributed by atoms with Crippen LogP contribution in [0.2, 0.25) is 0 Å². The van der Waals surface area contributed by atoms with Crippen molar-refractivity contribution in [1.29, 1.82) is 0 Å². The molecule has 0 aliphatic carbocycles. The average Bonchev–Trinajstić information content (AvgIpc) is 2.36. The van der Waals surface area contributed by atoms with Crippen LogP contribution in [0, 0.1) is 5.41 Å². The van der Waals surface area contributed by atoms with Gasteiger partial charge in [0.1, 0.15) is 6.54 Å². The highest BCUT2D eigenvalue weighted by Gasteiger charge is 2.09. The van der Waals surface area contributed by atoms with Gasteiger partial charge in [-0.2, -0.15) is 0 Å². The fraction of sp³-hybridized carbons (Fsp3) is 0.467. The smallest absolute Gasteiger partial charge is 0.322 e. The first kappa shape index (κ1) is 18.9. The van der Waals surface area contributed by atoms with Crippen LogP contribution in [0.4, 0.5) is 5.69 Å². The first-order chi connectivity index (χ1) is 9.70. The minimum absolute atomic E-state index is 0.0377. The monoisotopic (exact) mass is 296 g/mol. The van der Waals surface area contributed by atoms with E-state index in [1.807, 2.05) is 30.3 Å². The molecule has 4 N–H and O–H groups in total. The predicted octanol–water partition coefficient (Wildman–Crippen LogP) is 1.89. The number of carboxylic acids is 2. The van der Waals surface area contributed by atoms with Crippen molar-refractivity contribution < 1.29 is 19.8 Å². The Labute approximate surface area is 125 Å². The molecule has 1 rings (SSSR count). The zero-order chi connectivity index (χ0) is 16.3. The molecule has 0 amide bonds. The van der Waals surface area contributed by atoms with E-state index in [0.717, 1.165) is 12.2 Å². The van der Waals surface area contributed by atoms with E-state index in [4.69, 9.17) is 10.2 Å². The standard InChI is InChI=1S/C8H9NO2.C7H15NO2/c10-8(11)6-9-7-4-2-1-3-5-7;1-7(2,3)5-8-4-6(9)10/h1-5,9H,6H2,(H,10,11);8H,4-5H2,1-3H3,(H,9,10). The van der Waals surface area contributed by atoms with Crippen LogP contribution in [-0.4, -0.2) is 41.8 Å².